The minimum absolute atomic E-state index is 0.00235. The molecule has 8 rings (SSSR count). The summed E-state index contributed by atoms with van der Waals surface area (Å²) >= 11 is 0. The predicted octanol–water partition coefficient (Wildman–Crippen LogP) is 3.00. The predicted molar refractivity (Wildman–Crippen MR) is 193 cm³/mol. The Balaban J connectivity index is 0.866. The minimum atomic E-state index is -4.65. The van der Waals surface area contributed by atoms with E-state index >= 15 is 0 Å². The van der Waals surface area contributed by atoms with Gasteiger partial charge in [0.2, 0.25) is 0 Å². The van der Waals surface area contributed by atoms with E-state index in [0.717, 1.165) is 19.6 Å². The lowest BCUT2D eigenvalue weighted by atomic mass is 9.86. The first-order valence-electron chi connectivity index (χ1n) is 17.6. The Morgan fingerprint density at radius 3 is 0.982 bits per heavy atom. The summed E-state index contributed by atoms with van der Waals surface area (Å²) in [7, 11) is -3.31. The van der Waals surface area contributed by atoms with Crippen molar-refractivity contribution >= 4 is 76.6 Å². The Bertz CT molecular complexity index is 2440. The van der Waals surface area contributed by atoms with Gasteiger partial charge in [0.15, 0.2) is 0 Å². The number of phosphoric ester groups is 1. The highest BCUT2D eigenvalue weighted by Crippen LogP contribution is 2.44. The maximum absolute atomic E-state index is 13.5. The number of aliphatic hydroxyl groups excluding tert-OH is 1. The fraction of sp³-hybridized carbons (Fsp3) is 0.263. The van der Waals surface area contributed by atoms with Gasteiger partial charge in [-0.05, 0) is 67.8 Å². The zero-order valence-electron chi connectivity index (χ0n) is 29.6. The summed E-state index contributed by atoms with van der Waals surface area (Å²) in [5.74, 6) is -4.99. The summed E-state index contributed by atoms with van der Waals surface area (Å²) in [6.45, 7) is -1.40. The van der Waals surface area contributed by atoms with Crippen LogP contribution in [-0.4, -0.2) is 123 Å². The number of hydrogen-bond donors (Lipinski definition) is 2. The van der Waals surface area contributed by atoms with E-state index in [-0.39, 0.29) is 112 Å². The number of phosphoric acid groups is 1. The van der Waals surface area contributed by atoms with Crippen LogP contribution in [0.3, 0.4) is 0 Å². The SMILES string of the molecule is CN1C(=O)c2ccc3c4c(ccc(c24)C1=O)C(=O)N(CCCOP(=O)(O)OCCCN1C(=O)c2ccc4c5c(ccc(c25)C1=O)C(=O)N(CCCO)C4=O)C3=O. The van der Waals surface area contributed by atoms with Crippen molar-refractivity contribution in [1.82, 2.24) is 19.6 Å². The number of carbonyl (C=O) groups is 8. The zero-order chi connectivity index (χ0) is 39.8. The lowest BCUT2D eigenvalue weighted by Crippen LogP contribution is -2.44. The van der Waals surface area contributed by atoms with Crippen LogP contribution in [-0.2, 0) is 13.6 Å². The van der Waals surface area contributed by atoms with Gasteiger partial charge in [0.05, 0.1) is 13.2 Å². The van der Waals surface area contributed by atoms with E-state index in [0.29, 0.717) is 0 Å². The summed E-state index contributed by atoms with van der Waals surface area (Å²) in [6, 6.07) is 11.4. The second-order valence-corrected chi connectivity index (χ2v) is 15.0. The van der Waals surface area contributed by atoms with Crippen molar-refractivity contribution in [2.45, 2.75) is 19.3 Å². The second kappa shape index (κ2) is 13.6. The highest BCUT2D eigenvalue weighted by atomic mass is 31.2. The molecule has 0 aliphatic carbocycles. The third kappa shape index (κ3) is 5.58. The molecule has 4 heterocycles. The van der Waals surface area contributed by atoms with Gasteiger partial charge in [-0.1, -0.05) is 0 Å². The Labute approximate surface area is 316 Å². The molecule has 2 N–H and O–H groups in total. The summed E-state index contributed by atoms with van der Waals surface area (Å²) in [6.07, 6.45) is 0.0779. The van der Waals surface area contributed by atoms with Crippen molar-refractivity contribution in [3.05, 3.63) is 93.0 Å². The van der Waals surface area contributed by atoms with E-state index in [2.05, 4.69) is 0 Å². The molecule has 0 spiro atoms. The van der Waals surface area contributed by atoms with E-state index in [1.807, 2.05) is 0 Å². The molecule has 0 aromatic heterocycles. The van der Waals surface area contributed by atoms with Gasteiger partial charge in [0.25, 0.3) is 47.3 Å². The molecule has 4 aliphatic heterocycles. The van der Waals surface area contributed by atoms with Gasteiger partial charge in [0.1, 0.15) is 0 Å². The third-order valence-electron chi connectivity index (χ3n) is 10.3. The van der Waals surface area contributed by atoms with Crippen LogP contribution in [0.5, 0.6) is 0 Å². The number of benzene rings is 4. The average Bonchev–Trinajstić information content (AvgIpc) is 3.18. The molecule has 4 aromatic rings. The van der Waals surface area contributed by atoms with Gasteiger partial charge in [-0.15, -0.1) is 0 Å². The molecule has 0 fully saturated rings. The van der Waals surface area contributed by atoms with E-state index < -0.39 is 68.3 Å². The quantitative estimate of drug-likeness (QED) is 0.113. The van der Waals surface area contributed by atoms with E-state index in [4.69, 9.17) is 9.05 Å². The Hall–Kier alpha value is -5.97. The monoisotopic (exact) mass is 782 g/mol. The molecule has 286 valence electrons. The van der Waals surface area contributed by atoms with Crippen LogP contribution in [0, 0.1) is 0 Å². The standard InChI is InChI=1S/C38H31N4O13P/c1-39-31(44)19-5-7-21-28-22(8-6-20(27(19)28)32(39)45)36(49)41(35(21)48)14-3-17-54-56(52,53)55-18-4-15-42-37(50)25-11-9-23-29-24(10-12-26(30(25)29)38(42)51)34(47)40(33(23)46)13-2-16-43/h5-12,43H,2-4,13-18H2,1H3,(H,52,53). The Kier molecular flexibility index (Phi) is 9.01. The molecule has 0 bridgehead atoms. The molecule has 4 aromatic carbocycles. The fourth-order valence-corrected chi connectivity index (χ4v) is 8.49. The minimum Gasteiger partial charge on any atom is -0.396 e. The summed E-state index contributed by atoms with van der Waals surface area (Å²) in [5.41, 5.74) is 1.18. The maximum atomic E-state index is 13.5. The average molecular weight is 783 g/mol. The number of hydrogen-bond acceptors (Lipinski definition) is 12. The number of aliphatic hydroxyl groups is 1. The van der Waals surface area contributed by atoms with Gasteiger partial charge in [-0.25, -0.2) is 4.57 Å². The molecule has 0 radical (unpaired) electrons. The molecule has 0 saturated carbocycles. The van der Waals surface area contributed by atoms with Crippen molar-refractivity contribution in [2.24, 2.45) is 0 Å². The highest BCUT2D eigenvalue weighted by molar-refractivity contribution is 7.47. The molecule has 1 atom stereocenters. The first kappa shape index (κ1) is 37.0. The molecule has 56 heavy (non-hydrogen) atoms. The van der Waals surface area contributed by atoms with Crippen molar-refractivity contribution in [3.8, 4) is 0 Å². The van der Waals surface area contributed by atoms with E-state index in [1.54, 1.807) is 0 Å². The first-order valence-corrected chi connectivity index (χ1v) is 19.1. The van der Waals surface area contributed by atoms with Crippen LogP contribution in [0.2, 0.25) is 0 Å². The zero-order valence-corrected chi connectivity index (χ0v) is 30.5. The molecule has 18 heteroatoms. The van der Waals surface area contributed by atoms with E-state index in [1.165, 1.54) is 55.6 Å². The Morgan fingerprint density at radius 2 is 0.714 bits per heavy atom. The summed E-state index contributed by atoms with van der Waals surface area (Å²) < 4.78 is 22.8. The van der Waals surface area contributed by atoms with E-state index in [9.17, 15) is 52.9 Å². The van der Waals surface area contributed by atoms with Crippen LogP contribution in [0.1, 0.15) is 102 Å². The molecular formula is C38H31N4O13P. The molecule has 8 amide bonds. The van der Waals surface area contributed by atoms with Gasteiger partial charge in [-0.2, -0.15) is 0 Å². The third-order valence-corrected chi connectivity index (χ3v) is 11.4. The molecule has 4 aliphatic rings. The van der Waals surface area contributed by atoms with Gasteiger partial charge in [0, 0.05) is 99.3 Å². The molecule has 17 nitrogen and oxygen atoms in total. The number of imide groups is 4. The summed E-state index contributed by atoms with van der Waals surface area (Å²) in [4.78, 5) is 120. The number of nitrogens with zero attached hydrogens (tertiary/aromatic N) is 4. The highest BCUT2D eigenvalue weighted by Gasteiger charge is 2.41. The van der Waals surface area contributed by atoms with Crippen LogP contribution < -0.4 is 0 Å². The largest absolute Gasteiger partial charge is 0.472 e. The first-order chi connectivity index (χ1) is 26.8. The van der Waals surface area contributed by atoms with Crippen LogP contribution in [0.4, 0.5) is 0 Å². The molecule has 0 saturated heterocycles. The van der Waals surface area contributed by atoms with Crippen molar-refractivity contribution < 1.29 is 62.0 Å². The lowest BCUT2D eigenvalue weighted by molar-refractivity contribution is 0.0575. The number of rotatable bonds is 13. The topological polar surface area (TPSA) is 226 Å². The smallest absolute Gasteiger partial charge is 0.396 e. The fourth-order valence-electron chi connectivity index (χ4n) is 7.70. The second-order valence-electron chi connectivity index (χ2n) is 13.5. The van der Waals surface area contributed by atoms with Crippen LogP contribution in [0.15, 0.2) is 48.5 Å². The summed E-state index contributed by atoms with van der Waals surface area (Å²) in [5, 5.41) is 10.1. The van der Waals surface area contributed by atoms with Crippen molar-refractivity contribution in [1.29, 1.82) is 0 Å². The lowest BCUT2D eigenvalue weighted by Gasteiger charge is -2.32. The number of carbonyl (C=O) groups excluding carboxylic acids is 8. The van der Waals surface area contributed by atoms with Gasteiger partial charge >= 0.3 is 7.82 Å². The van der Waals surface area contributed by atoms with Gasteiger partial charge in [-0.3, -0.25) is 67.0 Å². The molecular weight excluding hydrogens is 751 g/mol. The van der Waals surface area contributed by atoms with Crippen LogP contribution in [0.25, 0.3) is 21.5 Å². The normalized spacial score (nSPS) is 17.3. The van der Waals surface area contributed by atoms with Gasteiger partial charge < -0.3 is 10.00 Å². The maximum Gasteiger partial charge on any atom is 0.472 e. The number of amides is 8. The van der Waals surface area contributed by atoms with Crippen molar-refractivity contribution in [3.63, 3.8) is 0 Å². The molecule has 1 unspecified atom stereocenters. The Morgan fingerprint density at radius 1 is 0.464 bits per heavy atom. The van der Waals surface area contributed by atoms with Crippen LogP contribution >= 0.6 is 7.82 Å². The van der Waals surface area contributed by atoms with Crippen molar-refractivity contribution in [2.75, 3.05) is 46.5 Å².